The Hall–Kier alpha value is -4.69. The Morgan fingerprint density at radius 2 is 1.37 bits per heavy atom. The van der Waals surface area contributed by atoms with Crippen molar-refractivity contribution in [1.82, 2.24) is 0 Å². The van der Waals surface area contributed by atoms with E-state index in [0.717, 1.165) is 22.6 Å². The van der Waals surface area contributed by atoms with Crippen LogP contribution in [-0.4, -0.2) is 52.7 Å². The molecule has 4 aliphatic rings. The maximum Gasteiger partial charge on any atom is 0.258 e. The number of fused-ring (bicyclic) bond motifs is 4. The summed E-state index contributed by atoms with van der Waals surface area (Å²) < 4.78 is 84.9. The van der Waals surface area contributed by atoms with E-state index in [9.17, 15) is 37.5 Å². The zero-order valence-corrected chi connectivity index (χ0v) is 28.9. The third-order valence-corrected chi connectivity index (χ3v) is 12.1. The zero-order valence-electron chi connectivity index (χ0n) is 27.4. The van der Waals surface area contributed by atoms with Gasteiger partial charge >= 0.3 is 0 Å². The molecule has 2 aliphatic carbocycles. The molecule has 52 heavy (non-hydrogen) atoms. The number of aryl methyl sites for hydroxylation is 1. The fourth-order valence-electron chi connectivity index (χ4n) is 8.23. The van der Waals surface area contributed by atoms with Gasteiger partial charge < -0.3 is 14.6 Å². The molecule has 2 heterocycles. The first-order chi connectivity index (χ1) is 24.6. The van der Waals surface area contributed by atoms with Crippen LogP contribution in [0.5, 0.6) is 17.2 Å². The Bertz CT molecular complexity index is 2100. The summed E-state index contributed by atoms with van der Waals surface area (Å²) in [6.45, 7) is 1.93. The molecule has 3 aromatic rings. The Labute approximate surface area is 302 Å². The number of imide groups is 2. The van der Waals surface area contributed by atoms with Crippen LogP contribution in [0.3, 0.4) is 0 Å². The largest absolute Gasteiger partial charge is 0.508 e. The molecule has 9 nitrogen and oxygen atoms in total. The van der Waals surface area contributed by atoms with E-state index >= 15 is 8.78 Å². The van der Waals surface area contributed by atoms with Crippen LogP contribution in [0.25, 0.3) is 0 Å². The average molecular weight is 766 g/mol. The number of anilines is 2. The average Bonchev–Trinajstić information content (AvgIpc) is 3.47. The number of phenols is 1. The van der Waals surface area contributed by atoms with Crippen molar-refractivity contribution >= 4 is 58.2 Å². The highest BCUT2D eigenvalue weighted by Crippen LogP contribution is 2.68. The van der Waals surface area contributed by atoms with Gasteiger partial charge in [0.1, 0.15) is 22.9 Å². The minimum atomic E-state index is -2.81. The van der Waals surface area contributed by atoms with Gasteiger partial charge in [-0.3, -0.25) is 24.1 Å². The van der Waals surface area contributed by atoms with Crippen LogP contribution in [0.2, 0.25) is 0 Å². The second-order valence-electron chi connectivity index (χ2n) is 13.0. The summed E-state index contributed by atoms with van der Waals surface area (Å²) in [6.07, 6.45) is 1.51. The van der Waals surface area contributed by atoms with Crippen LogP contribution < -0.4 is 19.3 Å². The second kappa shape index (κ2) is 12.2. The quantitative estimate of drug-likeness (QED) is 0.0769. The van der Waals surface area contributed by atoms with Gasteiger partial charge in [0, 0.05) is 23.6 Å². The number of rotatable bonds is 6. The van der Waals surface area contributed by atoms with E-state index in [0.29, 0.717) is 6.42 Å². The summed E-state index contributed by atoms with van der Waals surface area (Å²) in [7, 11) is 2.39. The molecule has 0 unspecified atom stereocenters. The molecule has 0 spiro atoms. The molecule has 7 rings (SSSR count). The Balaban J connectivity index is 1.47. The molecule has 1 saturated carbocycles. The molecular formula is C36H27Cl2F5N2O7. The van der Waals surface area contributed by atoms with Crippen LogP contribution >= 0.6 is 23.2 Å². The van der Waals surface area contributed by atoms with Crippen LogP contribution in [0, 0.1) is 46.8 Å². The van der Waals surface area contributed by atoms with Crippen molar-refractivity contribution in [3.05, 3.63) is 88.3 Å². The fraction of sp³-hybridized carbons (Fsp3) is 0.333. The second-order valence-corrected chi connectivity index (χ2v) is 14.2. The van der Waals surface area contributed by atoms with E-state index in [-0.39, 0.29) is 45.4 Å². The lowest BCUT2D eigenvalue weighted by molar-refractivity contribution is -0.125. The highest BCUT2D eigenvalue weighted by molar-refractivity contribution is 6.58. The van der Waals surface area contributed by atoms with Crippen LogP contribution in [0.1, 0.15) is 36.8 Å². The number of halogens is 7. The number of amides is 4. The molecule has 0 bridgehead atoms. The van der Waals surface area contributed by atoms with Gasteiger partial charge in [0.2, 0.25) is 17.6 Å². The van der Waals surface area contributed by atoms with Gasteiger partial charge in [-0.2, -0.15) is 0 Å². The number of benzene rings is 3. The van der Waals surface area contributed by atoms with Crippen LogP contribution in [-0.2, 0) is 25.6 Å². The van der Waals surface area contributed by atoms with E-state index in [1.807, 2.05) is 6.92 Å². The van der Waals surface area contributed by atoms with Crippen molar-refractivity contribution in [2.75, 3.05) is 24.0 Å². The smallest absolute Gasteiger partial charge is 0.258 e. The molecule has 16 heteroatoms. The number of carbonyl (C=O) groups excluding carboxylic acids is 4. The van der Waals surface area contributed by atoms with Crippen molar-refractivity contribution < 1.29 is 55.7 Å². The number of carbonyl (C=O) groups is 4. The molecule has 6 atom stereocenters. The monoisotopic (exact) mass is 764 g/mol. The minimum absolute atomic E-state index is 0.0599. The van der Waals surface area contributed by atoms with Gasteiger partial charge in [-0.25, -0.2) is 26.9 Å². The number of ether oxygens (including phenoxy) is 2. The van der Waals surface area contributed by atoms with E-state index in [1.165, 1.54) is 14.2 Å². The number of hydrogen-bond acceptors (Lipinski definition) is 7. The molecule has 4 amide bonds. The van der Waals surface area contributed by atoms with Crippen molar-refractivity contribution in [3.8, 4) is 17.2 Å². The molecule has 1 N–H and O–H groups in total. The number of nitrogens with zero attached hydrogens (tertiary/aromatic N) is 2. The maximum absolute atomic E-state index is 15.3. The number of hydrogen-bond donors (Lipinski definition) is 1. The summed E-state index contributed by atoms with van der Waals surface area (Å²) >= 11 is 14.4. The van der Waals surface area contributed by atoms with Crippen molar-refractivity contribution in [2.45, 2.75) is 41.9 Å². The molecule has 3 aromatic carbocycles. The van der Waals surface area contributed by atoms with E-state index in [4.69, 9.17) is 32.7 Å². The summed E-state index contributed by atoms with van der Waals surface area (Å²) in [5, 5.41) is 10.5. The van der Waals surface area contributed by atoms with Crippen LogP contribution in [0.15, 0.2) is 48.0 Å². The third-order valence-electron chi connectivity index (χ3n) is 10.6. The molecular weight excluding hydrogens is 738 g/mol. The normalized spacial score (nSPS) is 28.2. The summed E-state index contributed by atoms with van der Waals surface area (Å²) in [4.78, 5) is 52.4. The first-order valence-electron chi connectivity index (χ1n) is 16.0. The van der Waals surface area contributed by atoms with Gasteiger partial charge in [0.15, 0.2) is 33.0 Å². The lowest BCUT2D eigenvalue weighted by atomic mass is 9.56. The summed E-state index contributed by atoms with van der Waals surface area (Å²) in [5.74, 6) is -22.6. The maximum atomic E-state index is 15.3. The molecule has 3 fully saturated rings. The lowest BCUT2D eigenvalue weighted by Gasteiger charge is -2.51. The molecule has 272 valence electrons. The van der Waals surface area contributed by atoms with Gasteiger partial charge in [-0.1, -0.05) is 30.7 Å². The van der Waals surface area contributed by atoms with Crippen molar-refractivity contribution in [2.24, 2.45) is 17.8 Å². The topological polar surface area (TPSA) is 113 Å². The first kappa shape index (κ1) is 35.7. The van der Waals surface area contributed by atoms with Crippen LogP contribution in [0.4, 0.5) is 33.3 Å². The number of aromatic hydroxyl groups is 1. The summed E-state index contributed by atoms with van der Waals surface area (Å²) in [5.41, 5.74) is -0.565. The SMILES string of the molecule is CCc1ccc(N2C(=O)[C@H]3[C@H](CC=C4[C@H]3C[C@@]3(Cl)C(=O)N(c5c(F)c(F)c(F)c(F)c5F)C(=O)[C@@]3(Cl)[C@H]4c3c(OC)cc(O)cc3OC)C2=O)cc1. The molecule has 2 aliphatic heterocycles. The Kier molecular flexibility index (Phi) is 8.37. The van der Waals surface area contributed by atoms with E-state index in [2.05, 4.69) is 0 Å². The summed E-state index contributed by atoms with van der Waals surface area (Å²) in [6, 6.07) is 8.99. The predicted octanol–water partition coefficient (Wildman–Crippen LogP) is 6.44. The Morgan fingerprint density at radius 3 is 1.90 bits per heavy atom. The highest BCUT2D eigenvalue weighted by Gasteiger charge is 2.77. The predicted molar refractivity (Wildman–Crippen MR) is 176 cm³/mol. The minimum Gasteiger partial charge on any atom is -0.508 e. The lowest BCUT2D eigenvalue weighted by Crippen LogP contribution is -2.60. The number of alkyl halides is 2. The van der Waals surface area contributed by atoms with E-state index in [1.54, 1.807) is 30.3 Å². The zero-order chi connectivity index (χ0) is 37.8. The standard InChI is InChI=1S/C36H27Cl2F5N2O7/c1-4-14-5-7-15(8-6-14)44-31(47)18-10-9-17-19(22(18)32(44)48)13-35(37)33(49)45(30-28(42)26(40)25(39)27(41)29(30)43)34(50)36(35,38)24(17)23-20(51-2)11-16(46)12-21(23)52-3/h5-9,11-12,18-19,22,24,46H,4,10,13H2,1-3H3/t18-,19+,22-,24+,35+,36-/m0/s1. The highest BCUT2D eigenvalue weighted by atomic mass is 35.5. The number of allylic oxidation sites excluding steroid dienone is 2. The van der Waals surface area contributed by atoms with Gasteiger partial charge in [-0.15, -0.1) is 23.2 Å². The molecule has 0 aromatic heterocycles. The van der Waals surface area contributed by atoms with Crippen molar-refractivity contribution in [1.29, 1.82) is 0 Å². The first-order valence-corrected chi connectivity index (χ1v) is 16.7. The third kappa shape index (κ3) is 4.52. The fourth-order valence-corrected chi connectivity index (χ4v) is 9.15. The van der Waals surface area contributed by atoms with Gasteiger partial charge in [-0.05, 0) is 42.9 Å². The molecule has 0 radical (unpaired) electrons. The number of phenolic OH excluding ortho intramolecular Hbond substituents is 1. The van der Waals surface area contributed by atoms with Crippen molar-refractivity contribution in [3.63, 3.8) is 0 Å². The van der Waals surface area contributed by atoms with E-state index < -0.39 is 98.2 Å². The van der Waals surface area contributed by atoms with Gasteiger partial charge in [0.25, 0.3) is 11.8 Å². The van der Waals surface area contributed by atoms with Gasteiger partial charge in [0.05, 0.1) is 31.7 Å². The number of methoxy groups -OCH3 is 2. The molecule has 2 saturated heterocycles. The Morgan fingerprint density at radius 1 is 0.808 bits per heavy atom.